The topological polar surface area (TPSA) is 53.4 Å². The van der Waals surface area contributed by atoms with E-state index in [1.54, 1.807) is 6.92 Å². The maximum Gasteiger partial charge on any atom is 0.130 e. The Bertz CT molecular complexity index is 2600. The molecule has 0 saturated heterocycles. The minimum atomic E-state index is 0.0990. The first kappa shape index (κ1) is 26.5. The number of hydrogen-bond donors (Lipinski definition) is 2. The molecule has 0 fully saturated rings. The molecule has 3 heteroatoms. The van der Waals surface area contributed by atoms with Crippen molar-refractivity contribution < 1.29 is 10.2 Å². The van der Waals surface area contributed by atoms with Crippen LogP contribution in [-0.4, -0.2) is 15.2 Å². The first-order valence-electron chi connectivity index (χ1n) is 15.6. The van der Waals surface area contributed by atoms with Crippen molar-refractivity contribution in [1.29, 1.82) is 0 Å². The molecule has 0 bridgehead atoms. The van der Waals surface area contributed by atoms with Gasteiger partial charge in [0.25, 0.3) is 0 Å². The zero-order valence-corrected chi connectivity index (χ0v) is 25.5. The van der Waals surface area contributed by atoms with Gasteiger partial charge in [0.1, 0.15) is 11.5 Å². The maximum atomic E-state index is 11.3. The molecule has 0 aliphatic rings. The van der Waals surface area contributed by atoms with E-state index in [2.05, 4.69) is 103 Å². The minimum Gasteiger partial charge on any atom is -0.507 e. The third kappa shape index (κ3) is 3.69. The molecule has 8 aromatic carbocycles. The molecule has 1 aromatic heterocycles. The Labute approximate surface area is 266 Å². The summed E-state index contributed by atoms with van der Waals surface area (Å²) in [6, 6.07) is 42.7. The average molecular weight is 592 g/mol. The van der Waals surface area contributed by atoms with Crippen LogP contribution in [0.4, 0.5) is 0 Å². The van der Waals surface area contributed by atoms with Crippen LogP contribution in [-0.2, 0) is 0 Å². The number of aromatic hydroxyl groups is 2. The molecule has 3 nitrogen and oxygen atoms in total. The highest BCUT2D eigenvalue weighted by molar-refractivity contribution is 6.25. The van der Waals surface area contributed by atoms with Gasteiger partial charge in [0, 0.05) is 34.0 Å². The van der Waals surface area contributed by atoms with Crippen molar-refractivity contribution in [2.45, 2.75) is 13.8 Å². The van der Waals surface area contributed by atoms with Crippen molar-refractivity contribution in [3.63, 3.8) is 0 Å². The highest BCUT2D eigenvalue weighted by Gasteiger charge is 2.21. The van der Waals surface area contributed by atoms with Crippen molar-refractivity contribution in [2.24, 2.45) is 0 Å². The van der Waals surface area contributed by atoms with Crippen LogP contribution in [0.15, 0.2) is 128 Å². The van der Waals surface area contributed by atoms with Crippen LogP contribution in [0.3, 0.4) is 0 Å². The van der Waals surface area contributed by atoms with Crippen LogP contribution in [0.25, 0.3) is 87.4 Å². The molecule has 0 unspecified atom stereocenters. The van der Waals surface area contributed by atoms with Crippen LogP contribution >= 0.6 is 0 Å². The van der Waals surface area contributed by atoms with Crippen LogP contribution in [0.2, 0.25) is 0 Å². The summed E-state index contributed by atoms with van der Waals surface area (Å²) in [5, 5.41) is 33.6. The first-order chi connectivity index (χ1) is 22.5. The van der Waals surface area contributed by atoms with E-state index in [4.69, 9.17) is 4.98 Å². The molecule has 2 N–H and O–H groups in total. The van der Waals surface area contributed by atoms with E-state index in [9.17, 15) is 10.2 Å². The predicted molar refractivity (Wildman–Crippen MR) is 192 cm³/mol. The molecule has 9 rings (SSSR count). The van der Waals surface area contributed by atoms with Gasteiger partial charge in [-0.1, -0.05) is 109 Å². The summed E-state index contributed by atoms with van der Waals surface area (Å²) in [5.41, 5.74) is 7.07. The summed E-state index contributed by atoms with van der Waals surface area (Å²) in [4.78, 5) is 5.11. The van der Waals surface area contributed by atoms with E-state index in [0.717, 1.165) is 49.5 Å². The molecular weight excluding hydrogens is 562 g/mol. The van der Waals surface area contributed by atoms with Crippen LogP contribution in [0.1, 0.15) is 11.1 Å². The summed E-state index contributed by atoms with van der Waals surface area (Å²) < 4.78 is 0. The van der Waals surface area contributed by atoms with Crippen LogP contribution in [0.5, 0.6) is 11.5 Å². The highest BCUT2D eigenvalue weighted by atomic mass is 16.3. The Morgan fingerprint density at radius 2 is 1.07 bits per heavy atom. The molecule has 218 valence electrons. The number of phenolic OH excluding ortho intramolecular Hbond substituents is 2. The fraction of sp³-hybridized carbons (Fsp3) is 0.0465. The second kappa shape index (κ2) is 9.79. The largest absolute Gasteiger partial charge is 0.507 e. The molecule has 0 aliphatic heterocycles. The summed E-state index contributed by atoms with van der Waals surface area (Å²) in [7, 11) is 0. The average Bonchev–Trinajstić information content (AvgIpc) is 3.10. The molecule has 0 amide bonds. The zero-order valence-electron chi connectivity index (χ0n) is 25.5. The second-order valence-electron chi connectivity index (χ2n) is 12.3. The van der Waals surface area contributed by atoms with Crippen molar-refractivity contribution in [3.05, 3.63) is 139 Å². The van der Waals surface area contributed by atoms with E-state index in [0.29, 0.717) is 11.1 Å². The Kier molecular flexibility index (Phi) is 5.63. The Hall–Kier alpha value is -5.93. The Morgan fingerprint density at radius 1 is 0.478 bits per heavy atom. The predicted octanol–water partition coefficient (Wildman–Crippen LogP) is 11.3. The third-order valence-electron chi connectivity index (χ3n) is 9.76. The maximum absolute atomic E-state index is 11.3. The fourth-order valence-electron chi connectivity index (χ4n) is 7.54. The van der Waals surface area contributed by atoms with Crippen molar-refractivity contribution in [3.8, 4) is 45.0 Å². The third-order valence-corrected chi connectivity index (χ3v) is 9.76. The number of nitrogens with zero attached hydrogens (tertiary/aromatic N) is 1. The van der Waals surface area contributed by atoms with E-state index in [1.165, 1.54) is 37.9 Å². The van der Waals surface area contributed by atoms with E-state index >= 15 is 0 Å². The fourth-order valence-corrected chi connectivity index (χ4v) is 7.54. The SMILES string of the molecule is Cc1cc(-c2c3ccccc3c(-c3ccc(-c4ccc5ccc6cccc7ccc4c5c67)cn3)c3ccccc23)c(O)c(C)c1O. The smallest absolute Gasteiger partial charge is 0.130 e. The van der Waals surface area contributed by atoms with Crippen molar-refractivity contribution in [1.82, 2.24) is 4.98 Å². The summed E-state index contributed by atoms with van der Waals surface area (Å²) >= 11 is 0. The van der Waals surface area contributed by atoms with Crippen molar-refractivity contribution >= 4 is 53.9 Å². The number of benzene rings is 8. The van der Waals surface area contributed by atoms with Gasteiger partial charge in [-0.3, -0.25) is 4.98 Å². The lowest BCUT2D eigenvalue weighted by Gasteiger charge is -2.19. The number of hydrogen-bond acceptors (Lipinski definition) is 3. The van der Waals surface area contributed by atoms with Gasteiger partial charge in [0.15, 0.2) is 0 Å². The number of rotatable bonds is 3. The van der Waals surface area contributed by atoms with Gasteiger partial charge < -0.3 is 10.2 Å². The number of aryl methyl sites for hydroxylation is 1. The lowest BCUT2D eigenvalue weighted by Crippen LogP contribution is -1.94. The number of aromatic nitrogens is 1. The zero-order chi connectivity index (χ0) is 31.1. The molecule has 46 heavy (non-hydrogen) atoms. The standard InChI is InChI=1S/C43H29NO2/c1-24-22-36(43(46)25(2)42(24)45)40-31-10-3-5-12-33(31)41(34-13-6-4-11-32(34)40)37-21-18-29(23-44-37)30-19-16-28-15-14-26-8-7-9-27-17-20-35(30)39(28)38(26)27/h3-23,45-46H,1-2H3. The molecular formula is C43H29NO2. The van der Waals surface area contributed by atoms with Gasteiger partial charge in [0.05, 0.1) is 5.69 Å². The van der Waals surface area contributed by atoms with Gasteiger partial charge in [-0.15, -0.1) is 0 Å². The van der Waals surface area contributed by atoms with E-state index < -0.39 is 0 Å². The summed E-state index contributed by atoms with van der Waals surface area (Å²) in [5.74, 6) is 0.224. The quantitative estimate of drug-likeness (QED) is 0.159. The Morgan fingerprint density at radius 3 is 1.70 bits per heavy atom. The molecule has 0 atom stereocenters. The van der Waals surface area contributed by atoms with Gasteiger partial charge in [0.2, 0.25) is 0 Å². The van der Waals surface area contributed by atoms with Gasteiger partial charge in [-0.05, 0) is 91.0 Å². The van der Waals surface area contributed by atoms with Crippen LogP contribution < -0.4 is 0 Å². The molecule has 0 radical (unpaired) electrons. The number of pyridine rings is 1. The highest BCUT2D eigenvalue weighted by Crippen LogP contribution is 2.48. The second-order valence-corrected chi connectivity index (χ2v) is 12.3. The molecule has 0 aliphatic carbocycles. The molecule has 0 saturated carbocycles. The van der Waals surface area contributed by atoms with Crippen molar-refractivity contribution in [2.75, 3.05) is 0 Å². The summed E-state index contributed by atoms with van der Waals surface area (Å²) in [6.07, 6.45) is 2.00. The lowest BCUT2D eigenvalue weighted by molar-refractivity contribution is 0.442. The molecule has 0 spiro atoms. The lowest BCUT2D eigenvalue weighted by atomic mass is 9.85. The normalized spacial score (nSPS) is 11.9. The molecule has 9 aromatic rings. The van der Waals surface area contributed by atoms with E-state index in [1.807, 2.05) is 31.3 Å². The minimum absolute atomic E-state index is 0.0990. The first-order valence-corrected chi connectivity index (χ1v) is 15.6. The number of phenols is 2. The number of fused-ring (bicyclic) bond motifs is 2. The Balaban J connectivity index is 1.26. The van der Waals surface area contributed by atoms with E-state index in [-0.39, 0.29) is 11.5 Å². The van der Waals surface area contributed by atoms with Gasteiger partial charge in [-0.25, -0.2) is 0 Å². The van der Waals surface area contributed by atoms with Gasteiger partial charge in [-0.2, -0.15) is 0 Å². The van der Waals surface area contributed by atoms with Crippen LogP contribution in [0, 0.1) is 13.8 Å². The monoisotopic (exact) mass is 591 g/mol. The van der Waals surface area contributed by atoms with Gasteiger partial charge >= 0.3 is 0 Å². The summed E-state index contributed by atoms with van der Waals surface area (Å²) in [6.45, 7) is 3.63. The molecule has 1 heterocycles.